The van der Waals surface area contributed by atoms with Crippen molar-refractivity contribution in [2.24, 2.45) is 0 Å². The summed E-state index contributed by atoms with van der Waals surface area (Å²) in [6, 6.07) is 3.55. The van der Waals surface area contributed by atoms with Crippen molar-refractivity contribution in [2.45, 2.75) is 0 Å². The van der Waals surface area contributed by atoms with E-state index in [4.69, 9.17) is 5.11 Å². The van der Waals surface area contributed by atoms with E-state index in [-0.39, 0.29) is 5.75 Å². The number of carboxylic acid groups (broad SMARTS) is 1. The van der Waals surface area contributed by atoms with Crippen LogP contribution in [0.1, 0.15) is 0 Å². The zero-order valence-electron chi connectivity index (χ0n) is 7.57. The molecule has 0 saturated carbocycles. The molecule has 0 bridgehead atoms. The highest BCUT2D eigenvalue weighted by Crippen LogP contribution is 2.12. The predicted octanol–water partition coefficient (Wildman–Crippen LogP) is 1.32. The van der Waals surface area contributed by atoms with Crippen molar-refractivity contribution >= 4 is 6.16 Å². The number of hydrogen-bond donors (Lipinski definition) is 1. The highest BCUT2D eigenvalue weighted by atomic mass is 16.7. The third kappa shape index (κ3) is 2.11. The van der Waals surface area contributed by atoms with E-state index in [1.54, 1.807) is 24.5 Å². The monoisotopic (exact) mass is 205 g/mol. The van der Waals surface area contributed by atoms with Gasteiger partial charge >= 0.3 is 6.16 Å². The molecule has 0 radical (unpaired) electrons. The van der Waals surface area contributed by atoms with Crippen LogP contribution in [0.25, 0.3) is 5.69 Å². The first kappa shape index (κ1) is 9.20. The van der Waals surface area contributed by atoms with E-state index < -0.39 is 6.16 Å². The molecule has 2 aromatic rings. The van der Waals surface area contributed by atoms with E-state index in [1.807, 2.05) is 0 Å². The lowest BCUT2D eigenvalue weighted by atomic mass is 10.4. The quantitative estimate of drug-likeness (QED) is 0.748. The molecule has 15 heavy (non-hydrogen) atoms. The van der Waals surface area contributed by atoms with Gasteiger partial charge in [-0.3, -0.25) is 4.98 Å². The molecule has 2 aromatic heterocycles. The van der Waals surface area contributed by atoms with Gasteiger partial charge in [-0.25, -0.2) is 9.48 Å². The molecule has 2 heterocycles. The van der Waals surface area contributed by atoms with Crippen LogP contribution in [0.15, 0.2) is 36.9 Å². The third-order valence-electron chi connectivity index (χ3n) is 1.67. The summed E-state index contributed by atoms with van der Waals surface area (Å²) in [5.41, 5.74) is 0.734. The van der Waals surface area contributed by atoms with Gasteiger partial charge in [-0.15, -0.1) is 0 Å². The number of hydrogen-bond acceptors (Lipinski definition) is 4. The average Bonchev–Trinajstić information content (AvgIpc) is 2.67. The van der Waals surface area contributed by atoms with Gasteiger partial charge in [0.2, 0.25) is 0 Å². The largest absolute Gasteiger partial charge is 0.511 e. The Morgan fingerprint density at radius 1 is 1.47 bits per heavy atom. The molecule has 0 fully saturated rings. The fourth-order valence-electron chi connectivity index (χ4n) is 1.09. The van der Waals surface area contributed by atoms with E-state index >= 15 is 0 Å². The van der Waals surface area contributed by atoms with Crippen molar-refractivity contribution in [3.63, 3.8) is 0 Å². The minimum Gasteiger partial charge on any atom is -0.449 e. The number of ether oxygens (including phenoxy) is 1. The Bertz CT molecular complexity index is 466. The Kier molecular flexibility index (Phi) is 2.32. The van der Waals surface area contributed by atoms with Crippen LogP contribution in [0.3, 0.4) is 0 Å². The van der Waals surface area contributed by atoms with Gasteiger partial charge in [-0.2, -0.15) is 5.10 Å². The molecule has 0 spiro atoms. The van der Waals surface area contributed by atoms with Crippen molar-refractivity contribution in [3.8, 4) is 11.4 Å². The van der Waals surface area contributed by atoms with Crippen LogP contribution < -0.4 is 4.74 Å². The molecule has 0 aromatic carbocycles. The van der Waals surface area contributed by atoms with Gasteiger partial charge in [0.1, 0.15) is 0 Å². The minimum absolute atomic E-state index is 0.173. The summed E-state index contributed by atoms with van der Waals surface area (Å²) in [6.45, 7) is 0. The minimum atomic E-state index is -1.36. The molecule has 0 aliphatic carbocycles. The van der Waals surface area contributed by atoms with E-state index in [1.165, 1.54) is 17.1 Å². The lowest BCUT2D eigenvalue weighted by Gasteiger charge is -1.97. The van der Waals surface area contributed by atoms with E-state index in [9.17, 15) is 4.79 Å². The van der Waals surface area contributed by atoms with Crippen LogP contribution in [0.4, 0.5) is 4.79 Å². The normalized spacial score (nSPS) is 9.87. The fraction of sp³-hybridized carbons (Fsp3) is 0. The molecule has 0 amide bonds. The van der Waals surface area contributed by atoms with Crippen LogP contribution in [0.2, 0.25) is 0 Å². The molecule has 6 nitrogen and oxygen atoms in total. The fourth-order valence-corrected chi connectivity index (χ4v) is 1.09. The first-order chi connectivity index (χ1) is 7.25. The Morgan fingerprint density at radius 2 is 2.33 bits per heavy atom. The van der Waals surface area contributed by atoms with E-state index in [0.717, 1.165) is 5.69 Å². The highest BCUT2D eigenvalue weighted by molar-refractivity contribution is 5.60. The van der Waals surface area contributed by atoms with Gasteiger partial charge in [0, 0.05) is 6.20 Å². The van der Waals surface area contributed by atoms with Gasteiger partial charge in [0.15, 0.2) is 5.75 Å². The third-order valence-corrected chi connectivity index (χ3v) is 1.67. The number of carbonyl (C=O) groups is 1. The van der Waals surface area contributed by atoms with E-state index in [0.29, 0.717) is 0 Å². The Balaban J connectivity index is 2.24. The smallest absolute Gasteiger partial charge is 0.449 e. The van der Waals surface area contributed by atoms with Crippen molar-refractivity contribution in [3.05, 3.63) is 36.9 Å². The van der Waals surface area contributed by atoms with Crippen LogP contribution in [-0.4, -0.2) is 26.0 Å². The summed E-state index contributed by atoms with van der Waals surface area (Å²) < 4.78 is 5.91. The molecular weight excluding hydrogens is 198 g/mol. The zero-order chi connectivity index (χ0) is 10.7. The highest BCUT2D eigenvalue weighted by Gasteiger charge is 2.04. The van der Waals surface area contributed by atoms with Gasteiger partial charge in [-0.1, -0.05) is 0 Å². The lowest BCUT2D eigenvalue weighted by Crippen LogP contribution is -2.01. The number of rotatable bonds is 2. The van der Waals surface area contributed by atoms with Crippen LogP contribution in [0, 0.1) is 0 Å². The summed E-state index contributed by atoms with van der Waals surface area (Å²) in [5.74, 6) is 0.173. The predicted molar refractivity (Wildman–Crippen MR) is 50.0 cm³/mol. The molecule has 1 N–H and O–H groups in total. The second-order valence-electron chi connectivity index (χ2n) is 2.70. The average molecular weight is 205 g/mol. The molecule has 0 unspecified atom stereocenters. The van der Waals surface area contributed by atoms with Crippen molar-refractivity contribution < 1.29 is 14.6 Å². The van der Waals surface area contributed by atoms with Crippen LogP contribution >= 0.6 is 0 Å². The second kappa shape index (κ2) is 3.79. The number of nitrogens with zero attached hydrogens (tertiary/aromatic N) is 3. The molecule has 76 valence electrons. The van der Waals surface area contributed by atoms with Crippen molar-refractivity contribution in [1.29, 1.82) is 0 Å². The first-order valence-electron chi connectivity index (χ1n) is 4.11. The van der Waals surface area contributed by atoms with Gasteiger partial charge in [-0.05, 0) is 12.1 Å². The summed E-state index contributed by atoms with van der Waals surface area (Å²) in [5, 5.41) is 12.3. The molecule has 0 atom stereocenters. The SMILES string of the molecule is O=C(O)Oc1cnn(-c2cccnc2)c1. The summed E-state index contributed by atoms with van der Waals surface area (Å²) in [7, 11) is 0. The lowest BCUT2D eigenvalue weighted by molar-refractivity contribution is 0.144. The summed E-state index contributed by atoms with van der Waals surface area (Å²) in [6.07, 6.45) is 4.67. The summed E-state index contributed by atoms with van der Waals surface area (Å²) in [4.78, 5) is 14.2. The van der Waals surface area contributed by atoms with E-state index in [2.05, 4.69) is 14.8 Å². The van der Waals surface area contributed by atoms with Gasteiger partial charge in [0.25, 0.3) is 0 Å². The summed E-state index contributed by atoms with van der Waals surface area (Å²) >= 11 is 0. The van der Waals surface area contributed by atoms with Crippen LogP contribution in [0.5, 0.6) is 5.75 Å². The molecule has 0 saturated heterocycles. The topological polar surface area (TPSA) is 77.2 Å². The Labute approximate surface area is 84.7 Å². The van der Waals surface area contributed by atoms with Crippen LogP contribution in [-0.2, 0) is 0 Å². The first-order valence-corrected chi connectivity index (χ1v) is 4.11. The number of pyridine rings is 1. The molecular formula is C9H7N3O3. The van der Waals surface area contributed by atoms with Crippen molar-refractivity contribution in [1.82, 2.24) is 14.8 Å². The maximum Gasteiger partial charge on any atom is 0.511 e. The van der Waals surface area contributed by atoms with Gasteiger partial charge < -0.3 is 9.84 Å². The molecule has 0 aliphatic rings. The Hall–Kier alpha value is -2.37. The standard InChI is InChI=1S/C9H7N3O3/c13-9(14)15-8-5-11-12(6-8)7-2-1-3-10-4-7/h1-6H,(H,13,14). The second-order valence-corrected chi connectivity index (χ2v) is 2.70. The molecule has 2 rings (SSSR count). The number of aromatic nitrogens is 3. The maximum absolute atomic E-state index is 10.2. The molecule has 0 aliphatic heterocycles. The molecule has 6 heteroatoms. The van der Waals surface area contributed by atoms with Crippen molar-refractivity contribution in [2.75, 3.05) is 0 Å². The van der Waals surface area contributed by atoms with Gasteiger partial charge in [0.05, 0.1) is 24.3 Å². The zero-order valence-corrected chi connectivity index (χ0v) is 7.57. The Morgan fingerprint density at radius 3 is 3.00 bits per heavy atom. The maximum atomic E-state index is 10.2.